The average Bonchev–Trinajstić information content (AvgIpc) is 3.51. The Morgan fingerprint density at radius 3 is 2.04 bits per heavy atom. The minimum atomic E-state index is -4.52. The van der Waals surface area contributed by atoms with E-state index in [0.29, 0.717) is 86.3 Å². The van der Waals surface area contributed by atoms with Crippen LogP contribution in [0.2, 0.25) is 0 Å². The van der Waals surface area contributed by atoms with Crippen LogP contribution < -0.4 is 10.5 Å². The molecule has 5 rings (SSSR count). The summed E-state index contributed by atoms with van der Waals surface area (Å²) in [5.41, 5.74) is 11.2. The van der Waals surface area contributed by atoms with Gasteiger partial charge in [-0.2, -0.15) is 13.2 Å². The molecular weight excluding hydrogens is 667 g/mol. The molecule has 1 heterocycles. The van der Waals surface area contributed by atoms with Gasteiger partial charge in [-0.15, -0.1) is 0 Å². The zero-order chi connectivity index (χ0) is 37.1. The van der Waals surface area contributed by atoms with Crippen molar-refractivity contribution in [3.05, 3.63) is 119 Å². The van der Waals surface area contributed by atoms with Crippen LogP contribution >= 0.6 is 0 Å². The van der Waals surface area contributed by atoms with Crippen molar-refractivity contribution in [3.8, 4) is 39.7 Å². The van der Waals surface area contributed by atoms with Crippen molar-refractivity contribution in [2.45, 2.75) is 52.3 Å². The van der Waals surface area contributed by atoms with Gasteiger partial charge in [-0.1, -0.05) is 54.1 Å². The zero-order valence-corrected chi connectivity index (χ0v) is 30.0. The minimum absolute atomic E-state index is 0.0417. The number of aryl methyl sites for hydroxylation is 2. The molecule has 0 aliphatic rings. The number of aromatic nitrogens is 2. The van der Waals surface area contributed by atoms with E-state index in [1.54, 1.807) is 20.1 Å². The lowest BCUT2D eigenvalue weighted by Crippen LogP contribution is -2.09. The average molecular weight is 714 g/mol. The first-order chi connectivity index (χ1) is 25.1. The molecule has 4 aromatic carbocycles. The van der Waals surface area contributed by atoms with Crippen LogP contribution in [-0.2, 0) is 22.2 Å². The van der Waals surface area contributed by atoms with Gasteiger partial charge >= 0.3 is 6.18 Å². The number of benzene rings is 4. The van der Waals surface area contributed by atoms with E-state index >= 15 is 0 Å². The molecule has 0 aliphatic carbocycles. The molecule has 2 N–H and O–H groups in total. The summed E-state index contributed by atoms with van der Waals surface area (Å²) in [7, 11) is 1.60. The zero-order valence-electron chi connectivity index (χ0n) is 30.0. The van der Waals surface area contributed by atoms with Crippen LogP contribution in [0.5, 0.6) is 5.75 Å². The largest absolute Gasteiger partial charge is 0.497 e. The van der Waals surface area contributed by atoms with Crippen molar-refractivity contribution in [1.82, 2.24) is 9.55 Å². The molecule has 1 aromatic heterocycles. The van der Waals surface area contributed by atoms with Crippen LogP contribution in [0.1, 0.15) is 58.3 Å². The van der Waals surface area contributed by atoms with Gasteiger partial charge in [0.1, 0.15) is 11.6 Å². The van der Waals surface area contributed by atoms with Gasteiger partial charge in [0.2, 0.25) is 0 Å². The second-order valence-electron chi connectivity index (χ2n) is 12.8. The van der Waals surface area contributed by atoms with Crippen LogP contribution in [0.25, 0.3) is 33.9 Å². The first-order valence-electron chi connectivity index (χ1n) is 17.6. The summed E-state index contributed by atoms with van der Waals surface area (Å²) < 4.78 is 60.6. The van der Waals surface area contributed by atoms with E-state index in [2.05, 4.69) is 0 Å². The van der Waals surface area contributed by atoms with Gasteiger partial charge < -0.3 is 24.5 Å². The molecule has 0 radical (unpaired) electrons. The Morgan fingerprint density at radius 2 is 1.40 bits per heavy atom. The van der Waals surface area contributed by atoms with Crippen molar-refractivity contribution in [2.24, 2.45) is 5.73 Å². The van der Waals surface area contributed by atoms with Gasteiger partial charge in [0.05, 0.1) is 37.3 Å². The van der Waals surface area contributed by atoms with Crippen molar-refractivity contribution in [2.75, 3.05) is 40.1 Å². The lowest BCUT2D eigenvalue weighted by Gasteiger charge is -2.16. The molecule has 7 nitrogen and oxygen atoms in total. The number of hydrogen-bond acceptors (Lipinski definition) is 6. The lowest BCUT2D eigenvalue weighted by molar-refractivity contribution is -0.137. The number of ether oxygens (including phenoxy) is 3. The highest BCUT2D eigenvalue weighted by Crippen LogP contribution is 2.39. The van der Waals surface area contributed by atoms with Crippen molar-refractivity contribution in [3.63, 3.8) is 0 Å². The van der Waals surface area contributed by atoms with Gasteiger partial charge in [-0.3, -0.25) is 4.79 Å². The lowest BCUT2D eigenvalue weighted by atomic mass is 10.0. The maximum atomic E-state index is 14.1. The van der Waals surface area contributed by atoms with E-state index in [-0.39, 0.29) is 5.78 Å². The number of Topliss-reactive ketones (excluding diaryl/α,β-unsaturated/α-hetero) is 1. The van der Waals surface area contributed by atoms with Gasteiger partial charge in [0.15, 0.2) is 5.78 Å². The molecule has 0 unspecified atom stereocenters. The normalized spacial score (nSPS) is 11.6. The maximum absolute atomic E-state index is 14.1. The number of rotatable bonds is 18. The number of nitrogens with zero attached hydrogens (tertiary/aromatic N) is 2. The predicted molar refractivity (Wildman–Crippen MR) is 199 cm³/mol. The Kier molecular flexibility index (Phi) is 13.4. The fourth-order valence-electron chi connectivity index (χ4n) is 5.98. The highest BCUT2D eigenvalue weighted by Gasteiger charge is 2.32. The third kappa shape index (κ3) is 10.2. The Bertz CT molecular complexity index is 1900. The number of alkyl halides is 3. The SMILES string of the molecule is COc1ccc(-c2c(-c3ccc(C)cc3)nc(-c3cc(C)cc(C(F)(F)F)c3)n2Cc2ccc(C(=O)CCCCOCCOCCCN)cc2)cc1. The molecule has 0 spiro atoms. The molecule has 0 aliphatic heterocycles. The van der Waals surface area contributed by atoms with Gasteiger partial charge in [0, 0.05) is 48.4 Å². The predicted octanol–water partition coefficient (Wildman–Crippen LogP) is 9.31. The third-order valence-electron chi connectivity index (χ3n) is 8.74. The molecule has 52 heavy (non-hydrogen) atoms. The number of carbonyl (C=O) groups excluding carboxylic acids is 1. The molecule has 274 valence electrons. The second kappa shape index (κ2) is 18.1. The summed E-state index contributed by atoms with van der Waals surface area (Å²) in [6, 6.07) is 26.9. The molecule has 0 atom stereocenters. The van der Waals surface area contributed by atoms with Crippen molar-refractivity contribution < 1.29 is 32.2 Å². The van der Waals surface area contributed by atoms with Crippen LogP contribution in [0.4, 0.5) is 13.2 Å². The highest BCUT2D eigenvalue weighted by molar-refractivity contribution is 5.96. The van der Waals surface area contributed by atoms with E-state index in [9.17, 15) is 18.0 Å². The summed E-state index contributed by atoms with van der Waals surface area (Å²) in [4.78, 5) is 18.1. The van der Waals surface area contributed by atoms with Gasteiger partial charge in [-0.25, -0.2) is 4.98 Å². The first-order valence-corrected chi connectivity index (χ1v) is 17.6. The standard InChI is InChI=1S/C42H46F3N3O4/c1-29-8-12-33(13-9-29)39-40(34-16-18-37(50-3)19-17-34)48(41(47-39)35-25-30(2)26-36(27-35)42(43,44)45)28-31-10-14-32(15-11-31)38(49)7-4-5-21-51-23-24-52-22-6-20-46/h8-19,25-27H,4-7,20-24,28,46H2,1-3H3. The van der Waals surface area contributed by atoms with Gasteiger partial charge in [-0.05, 0) is 93.2 Å². The fraction of sp³-hybridized carbons (Fsp3) is 0.333. The van der Waals surface area contributed by atoms with E-state index in [4.69, 9.17) is 24.9 Å². The molecule has 0 bridgehead atoms. The summed E-state index contributed by atoms with van der Waals surface area (Å²) in [6.07, 6.45) is -1.82. The van der Waals surface area contributed by atoms with E-state index < -0.39 is 11.7 Å². The molecular formula is C42H46F3N3O4. The maximum Gasteiger partial charge on any atom is 0.416 e. The Balaban J connectivity index is 1.44. The topological polar surface area (TPSA) is 88.6 Å². The number of ketones is 1. The van der Waals surface area contributed by atoms with Crippen molar-refractivity contribution >= 4 is 5.78 Å². The third-order valence-corrected chi connectivity index (χ3v) is 8.74. The number of halogens is 3. The number of hydrogen-bond donors (Lipinski definition) is 1. The molecule has 0 saturated carbocycles. The first kappa shape index (κ1) is 38.5. The molecule has 0 fully saturated rings. The van der Waals surface area contributed by atoms with Crippen molar-refractivity contribution in [1.29, 1.82) is 0 Å². The van der Waals surface area contributed by atoms with Crippen LogP contribution in [-0.4, -0.2) is 55.4 Å². The van der Waals surface area contributed by atoms with E-state index in [1.807, 2.05) is 84.3 Å². The second-order valence-corrected chi connectivity index (χ2v) is 12.8. The summed E-state index contributed by atoms with van der Waals surface area (Å²) in [6.45, 7) is 6.78. The monoisotopic (exact) mass is 713 g/mol. The number of nitrogens with two attached hydrogens (primary N) is 1. The number of methoxy groups -OCH3 is 1. The molecule has 0 amide bonds. The summed E-state index contributed by atoms with van der Waals surface area (Å²) >= 11 is 0. The van der Waals surface area contributed by atoms with E-state index in [1.165, 1.54) is 0 Å². The summed E-state index contributed by atoms with van der Waals surface area (Å²) in [5.74, 6) is 1.12. The smallest absolute Gasteiger partial charge is 0.416 e. The number of unbranched alkanes of at least 4 members (excludes halogenated alkanes) is 1. The Morgan fingerprint density at radius 1 is 0.750 bits per heavy atom. The van der Waals surface area contributed by atoms with Gasteiger partial charge in [0.25, 0.3) is 0 Å². The van der Waals surface area contributed by atoms with Crippen LogP contribution in [0, 0.1) is 13.8 Å². The molecule has 10 heteroatoms. The van der Waals surface area contributed by atoms with Crippen LogP contribution in [0.15, 0.2) is 91.0 Å². The quantitative estimate of drug-likeness (QED) is 0.0720. The minimum Gasteiger partial charge on any atom is -0.497 e. The van der Waals surface area contributed by atoms with E-state index in [0.717, 1.165) is 52.9 Å². The highest BCUT2D eigenvalue weighted by atomic mass is 19.4. The number of imidazole rings is 1. The summed E-state index contributed by atoms with van der Waals surface area (Å²) in [5, 5.41) is 0. The van der Waals surface area contributed by atoms with Crippen LogP contribution in [0.3, 0.4) is 0 Å². The Labute approximate surface area is 303 Å². The Hall–Kier alpha value is -4.77. The number of carbonyl (C=O) groups is 1. The molecule has 0 saturated heterocycles. The molecule has 5 aromatic rings. The fourth-order valence-corrected chi connectivity index (χ4v) is 5.98.